The lowest BCUT2D eigenvalue weighted by Crippen LogP contribution is -2.52. The molecule has 43 heavy (non-hydrogen) atoms. The summed E-state index contributed by atoms with van der Waals surface area (Å²) >= 11 is 6.18. The number of amides is 2. The van der Waals surface area contributed by atoms with Crippen LogP contribution in [0.2, 0.25) is 5.02 Å². The normalized spacial score (nSPS) is 21.0. The van der Waals surface area contributed by atoms with Gasteiger partial charge in [0.15, 0.2) is 26.7 Å². The zero-order chi connectivity index (χ0) is 31.5. The Hall–Kier alpha value is -3.01. The molecule has 0 aliphatic carbocycles. The molecule has 0 radical (unpaired) electrons. The summed E-state index contributed by atoms with van der Waals surface area (Å²) in [5.74, 6) is -4.87. The molecule has 9 nitrogen and oxygen atoms in total. The Balaban J connectivity index is 1.44. The van der Waals surface area contributed by atoms with Crippen LogP contribution in [0.5, 0.6) is 0 Å². The fourth-order valence-electron chi connectivity index (χ4n) is 5.05. The summed E-state index contributed by atoms with van der Waals surface area (Å²) in [6.45, 7) is 2.28. The summed E-state index contributed by atoms with van der Waals surface area (Å²) in [5.41, 5.74) is -0.190. The molecule has 3 N–H and O–H groups in total. The topological polar surface area (TPSA) is 111 Å². The van der Waals surface area contributed by atoms with Crippen molar-refractivity contribution in [1.29, 1.82) is 0 Å². The van der Waals surface area contributed by atoms with Gasteiger partial charge in [-0.25, -0.2) is 17.2 Å². The molecule has 236 valence electrons. The third kappa shape index (κ3) is 8.13. The first-order chi connectivity index (χ1) is 20.2. The van der Waals surface area contributed by atoms with Gasteiger partial charge >= 0.3 is 6.18 Å². The number of piperazine rings is 1. The molecule has 2 aromatic rings. The Bertz CT molecular complexity index is 1480. The fourth-order valence-corrected chi connectivity index (χ4v) is 6.71. The molecule has 4 rings (SSSR count). The van der Waals surface area contributed by atoms with E-state index < -0.39 is 63.2 Å². The van der Waals surface area contributed by atoms with Gasteiger partial charge in [-0.05, 0) is 31.2 Å². The third-order valence-corrected chi connectivity index (χ3v) is 9.73. The Labute approximate surface area is 250 Å². The van der Waals surface area contributed by atoms with Gasteiger partial charge in [0, 0.05) is 62.4 Å². The van der Waals surface area contributed by atoms with Crippen LogP contribution in [0.3, 0.4) is 0 Å². The number of carbonyl (C=O) groups is 2. The second kappa shape index (κ2) is 13.3. The maximum absolute atomic E-state index is 15.0. The van der Waals surface area contributed by atoms with Crippen LogP contribution < -0.4 is 20.9 Å². The number of halogens is 6. The van der Waals surface area contributed by atoms with Crippen molar-refractivity contribution in [3.8, 4) is 0 Å². The van der Waals surface area contributed by atoms with E-state index in [4.69, 9.17) is 11.6 Å². The average molecular weight is 652 g/mol. The van der Waals surface area contributed by atoms with Gasteiger partial charge in [0.1, 0.15) is 0 Å². The van der Waals surface area contributed by atoms with Crippen molar-refractivity contribution in [3.05, 3.63) is 58.1 Å². The van der Waals surface area contributed by atoms with Gasteiger partial charge in [-0.3, -0.25) is 14.5 Å². The van der Waals surface area contributed by atoms with Gasteiger partial charge in [-0.2, -0.15) is 13.2 Å². The summed E-state index contributed by atoms with van der Waals surface area (Å²) in [5, 5.41) is 6.66. The summed E-state index contributed by atoms with van der Waals surface area (Å²) in [7, 11) is -3.67. The van der Waals surface area contributed by atoms with Crippen molar-refractivity contribution in [2.24, 2.45) is 0 Å². The first-order valence-electron chi connectivity index (χ1n) is 13.5. The zero-order valence-corrected chi connectivity index (χ0v) is 24.7. The van der Waals surface area contributed by atoms with Crippen LogP contribution in [0.4, 0.5) is 33.3 Å². The molecule has 0 saturated carbocycles. The standard InChI is InChI=1S/C27H31ClF5N5O4S/c1-16-15-38(10-9-37(16)8-6-27(31,32)33)21-12-18(28)3-5-20(21)36-25(39)19-4-2-17(23(29)24(19)30)13-35-26(40)22-14-34-7-11-43(22,41)42/h2-5,12,16,22,34H,6-11,13-15H2,1H3,(H,35,40)(H,36,39)/t16-,22-/m1/s1. The largest absolute Gasteiger partial charge is 0.390 e. The van der Waals surface area contributed by atoms with Crippen molar-refractivity contribution < 1.29 is 40.0 Å². The predicted molar refractivity (Wildman–Crippen MR) is 152 cm³/mol. The number of hydrogen-bond donors (Lipinski definition) is 3. The number of nitrogens with zero attached hydrogens (tertiary/aromatic N) is 2. The molecule has 2 fully saturated rings. The molecule has 2 amide bonds. The number of carbonyl (C=O) groups excluding carboxylic acids is 2. The number of nitrogens with one attached hydrogen (secondary N) is 3. The number of alkyl halides is 3. The Morgan fingerprint density at radius 1 is 1.12 bits per heavy atom. The van der Waals surface area contributed by atoms with Crippen LogP contribution in [0.15, 0.2) is 30.3 Å². The predicted octanol–water partition coefficient (Wildman–Crippen LogP) is 3.34. The number of sulfone groups is 1. The van der Waals surface area contributed by atoms with E-state index in [9.17, 15) is 35.6 Å². The van der Waals surface area contributed by atoms with Crippen molar-refractivity contribution in [3.63, 3.8) is 0 Å². The number of benzene rings is 2. The summed E-state index contributed by atoms with van der Waals surface area (Å²) in [4.78, 5) is 29.0. The first kappa shape index (κ1) is 32.9. The second-order valence-corrected chi connectivity index (χ2v) is 13.2. The molecular weight excluding hydrogens is 621 g/mol. The summed E-state index contributed by atoms with van der Waals surface area (Å²) < 4.78 is 92.3. The molecular formula is C27H31ClF5N5O4S. The molecule has 2 saturated heterocycles. The van der Waals surface area contributed by atoms with Gasteiger partial charge in [0.2, 0.25) is 5.91 Å². The molecule has 2 aliphatic rings. The van der Waals surface area contributed by atoms with E-state index in [0.29, 0.717) is 30.3 Å². The maximum atomic E-state index is 15.0. The monoisotopic (exact) mass is 651 g/mol. The zero-order valence-electron chi connectivity index (χ0n) is 23.1. The summed E-state index contributed by atoms with van der Waals surface area (Å²) in [6.07, 6.45) is -5.19. The molecule has 2 heterocycles. The fraction of sp³-hybridized carbons (Fsp3) is 0.481. The van der Waals surface area contributed by atoms with E-state index in [-0.39, 0.29) is 42.7 Å². The van der Waals surface area contributed by atoms with Gasteiger partial charge in [0.05, 0.1) is 29.1 Å². The van der Waals surface area contributed by atoms with Crippen LogP contribution in [0.25, 0.3) is 0 Å². The molecule has 2 aromatic carbocycles. The lowest BCUT2D eigenvalue weighted by atomic mass is 10.1. The van der Waals surface area contributed by atoms with E-state index in [1.807, 2.05) is 4.90 Å². The van der Waals surface area contributed by atoms with Gasteiger partial charge in [-0.15, -0.1) is 0 Å². The van der Waals surface area contributed by atoms with Gasteiger partial charge in [-0.1, -0.05) is 17.7 Å². The number of anilines is 2. The van der Waals surface area contributed by atoms with Crippen LogP contribution in [0, 0.1) is 11.6 Å². The van der Waals surface area contributed by atoms with Crippen molar-refractivity contribution >= 4 is 44.6 Å². The SMILES string of the molecule is C[C@@H]1CN(c2cc(Cl)ccc2NC(=O)c2ccc(CNC(=O)[C@H]3CNCCS3(=O)=O)c(F)c2F)CCN1CCC(F)(F)F. The van der Waals surface area contributed by atoms with Crippen LogP contribution in [0.1, 0.15) is 29.3 Å². The lowest BCUT2D eigenvalue weighted by Gasteiger charge is -2.41. The minimum atomic E-state index is -4.27. The average Bonchev–Trinajstić information content (AvgIpc) is 2.93. The molecule has 0 unspecified atom stereocenters. The molecule has 16 heteroatoms. The Morgan fingerprint density at radius 3 is 2.53 bits per heavy atom. The van der Waals surface area contributed by atoms with Gasteiger partial charge < -0.3 is 20.9 Å². The Kier molecular flexibility index (Phi) is 10.2. The van der Waals surface area contributed by atoms with E-state index >= 15 is 4.39 Å². The van der Waals surface area contributed by atoms with Crippen molar-refractivity contribution in [1.82, 2.24) is 15.5 Å². The molecule has 2 aliphatic heterocycles. The van der Waals surface area contributed by atoms with E-state index in [0.717, 1.165) is 12.1 Å². The minimum Gasteiger partial charge on any atom is -0.367 e. The van der Waals surface area contributed by atoms with Crippen LogP contribution in [-0.2, 0) is 21.2 Å². The molecule has 0 aromatic heterocycles. The number of hydrogen-bond acceptors (Lipinski definition) is 7. The highest BCUT2D eigenvalue weighted by Crippen LogP contribution is 2.32. The van der Waals surface area contributed by atoms with Crippen molar-refractivity contribution in [2.75, 3.05) is 55.2 Å². The smallest absolute Gasteiger partial charge is 0.367 e. The lowest BCUT2D eigenvalue weighted by molar-refractivity contribution is -0.139. The molecule has 0 spiro atoms. The van der Waals surface area contributed by atoms with Crippen LogP contribution in [-0.4, -0.2) is 87.6 Å². The minimum absolute atomic E-state index is 0.0938. The van der Waals surface area contributed by atoms with Crippen molar-refractivity contribution in [2.45, 2.75) is 37.4 Å². The van der Waals surface area contributed by atoms with E-state index in [1.54, 1.807) is 17.9 Å². The maximum Gasteiger partial charge on any atom is 0.390 e. The second-order valence-electron chi connectivity index (χ2n) is 10.5. The third-order valence-electron chi connectivity index (χ3n) is 7.48. The highest BCUT2D eigenvalue weighted by atomic mass is 35.5. The molecule has 0 bridgehead atoms. The first-order valence-corrected chi connectivity index (χ1v) is 15.6. The Morgan fingerprint density at radius 2 is 1.86 bits per heavy atom. The van der Waals surface area contributed by atoms with Crippen LogP contribution >= 0.6 is 11.6 Å². The van der Waals surface area contributed by atoms with E-state index in [1.165, 1.54) is 12.1 Å². The quantitative estimate of drug-likeness (QED) is 0.376. The van der Waals surface area contributed by atoms with Gasteiger partial charge in [0.25, 0.3) is 5.91 Å². The summed E-state index contributed by atoms with van der Waals surface area (Å²) in [6, 6.07) is 6.47. The highest BCUT2D eigenvalue weighted by Gasteiger charge is 2.35. The highest BCUT2D eigenvalue weighted by molar-refractivity contribution is 7.92. The molecule has 2 atom stereocenters. The number of rotatable bonds is 8. The van der Waals surface area contributed by atoms with E-state index in [2.05, 4.69) is 16.0 Å².